The minimum atomic E-state index is -0.458. The maximum atomic E-state index is 10.9. The minimum Gasteiger partial charge on any atom is -0.380 e. The number of azo groups is 1. The largest absolute Gasteiger partial charge is 0.380 e. The van der Waals surface area contributed by atoms with Crippen molar-refractivity contribution in [1.29, 1.82) is 0 Å². The first-order valence-corrected chi connectivity index (χ1v) is 11.8. The topological polar surface area (TPSA) is 124 Å². The monoisotopic (exact) mass is 487 g/mol. The fourth-order valence-electron chi connectivity index (χ4n) is 4.60. The molecule has 1 aliphatic carbocycles. The van der Waals surface area contributed by atoms with E-state index in [9.17, 15) is 10.1 Å². The van der Waals surface area contributed by atoms with Crippen molar-refractivity contribution in [2.45, 2.75) is 12.8 Å². The molecule has 180 valence electrons. The molecule has 2 heterocycles. The average molecular weight is 488 g/mol. The molecule has 0 aliphatic heterocycles. The third-order valence-electron chi connectivity index (χ3n) is 6.33. The molecule has 9 heteroatoms. The van der Waals surface area contributed by atoms with Crippen LogP contribution in [0.15, 0.2) is 95.2 Å². The highest BCUT2D eigenvalue weighted by atomic mass is 16.6. The van der Waals surface area contributed by atoms with Gasteiger partial charge in [0.1, 0.15) is 0 Å². The number of nitrogens with two attached hydrogens (primary N) is 1. The fraction of sp³-hybridized carbons (Fsp3) is 0.0714. The summed E-state index contributed by atoms with van der Waals surface area (Å²) >= 11 is 0. The summed E-state index contributed by atoms with van der Waals surface area (Å²) in [5.41, 5.74) is 13.8. The van der Waals surface area contributed by atoms with Crippen LogP contribution in [0.25, 0.3) is 28.6 Å². The van der Waals surface area contributed by atoms with E-state index in [1.54, 1.807) is 4.52 Å². The number of nitro benzene ring substituents is 1. The van der Waals surface area contributed by atoms with Crippen LogP contribution in [0.4, 0.5) is 22.9 Å². The standard InChI is InChI=1S/C28H21N7O2/c29-27-25(32-31-21-12-14-22(15-13-21)35(36)37)28-30-24-20(17-18-7-3-1-4-8-18)11-16-23(24)26(34(28)33-27)19-9-5-2-6-10-19/h1-10,12-15,17H,11,16H2,(H2,29,33)/b20-17+,32-31?. The summed E-state index contributed by atoms with van der Waals surface area (Å²) in [6, 6.07) is 26.1. The van der Waals surface area contributed by atoms with E-state index in [0.717, 1.165) is 46.5 Å². The third-order valence-corrected chi connectivity index (χ3v) is 6.33. The molecule has 1 aliphatic rings. The molecule has 0 bridgehead atoms. The Hall–Kier alpha value is -5.18. The molecule has 0 atom stereocenters. The lowest BCUT2D eigenvalue weighted by Crippen LogP contribution is -2.03. The first-order chi connectivity index (χ1) is 18.1. The molecule has 0 saturated heterocycles. The fourth-order valence-corrected chi connectivity index (χ4v) is 4.60. The second-order valence-electron chi connectivity index (χ2n) is 8.68. The normalized spacial score (nSPS) is 14.0. The molecule has 37 heavy (non-hydrogen) atoms. The number of fused-ring (bicyclic) bond motifs is 2. The minimum absolute atomic E-state index is 0.0167. The van der Waals surface area contributed by atoms with Crippen molar-refractivity contribution < 1.29 is 4.92 Å². The molecule has 0 fully saturated rings. The number of allylic oxidation sites excluding steroid dienone is 1. The first kappa shape index (κ1) is 22.3. The zero-order valence-corrected chi connectivity index (χ0v) is 19.7. The van der Waals surface area contributed by atoms with Gasteiger partial charge in [-0.3, -0.25) is 10.1 Å². The zero-order valence-electron chi connectivity index (χ0n) is 19.7. The van der Waals surface area contributed by atoms with E-state index < -0.39 is 4.92 Å². The highest BCUT2D eigenvalue weighted by molar-refractivity contribution is 5.89. The summed E-state index contributed by atoms with van der Waals surface area (Å²) in [4.78, 5) is 15.5. The number of hydrogen-bond donors (Lipinski definition) is 1. The number of anilines is 1. The van der Waals surface area contributed by atoms with Gasteiger partial charge in [0.25, 0.3) is 5.69 Å². The number of aromatic nitrogens is 3. The highest BCUT2D eigenvalue weighted by Gasteiger charge is 2.27. The molecule has 9 nitrogen and oxygen atoms in total. The Morgan fingerprint density at radius 3 is 2.32 bits per heavy atom. The maximum Gasteiger partial charge on any atom is 0.269 e. The van der Waals surface area contributed by atoms with Crippen LogP contribution in [-0.4, -0.2) is 19.5 Å². The van der Waals surface area contributed by atoms with Crippen LogP contribution in [0, 0.1) is 10.1 Å². The molecule has 0 unspecified atom stereocenters. The highest BCUT2D eigenvalue weighted by Crippen LogP contribution is 2.41. The van der Waals surface area contributed by atoms with Gasteiger partial charge in [-0.2, -0.15) is 5.11 Å². The van der Waals surface area contributed by atoms with Crippen molar-refractivity contribution >= 4 is 40.2 Å². The number of hydrogen-bond acceptors (Lipinski definition) is 7. The van der Waals surface area contributed by atoms with Crippen LogP contribution in [0.3, 0.4) is 0 Å². The smallest absolute Gasteiger partial charge is 0.269 e. The van der Waals surface area contributed by atoms with Crippen LogP contribution in [-0.2, 0) is 6.42 Å². The van der Waals surface area contributed by atoms with Crippen molar-refractivity contribution in [2.75, 3.05) is 5.73 Å². The van der Waals surface area contributed by atoms with Gasteiger partial charge in [-0.25, -0.2) is 9.50 Å². The molecule has 3 aromatic carbocycles. The van der Waals surface area contributed by atoms with Crippen LogP contribution in [0.5, 0.6) is 0 Å². The van der Waals surface area contributed by atoms with Gasteiger partial charge < -0.3 is 5.73 Å². The van der Waals surface area contributed by atoms with Crippen LogP contribution in [0.2, 0.25) is 0 Å². The average Bonchev–Trinajstić information content (AvgIpc) is 3.46. The summed E-state index contributed by atoms with van der Waals surface area (Å²) in [6.07, 6.45) is 3.86. The van der Waals surface area contributed by atoms with Crippen molar-refractivity contribution in [3.63, 3.8) is 0 Å². The molecule has 5 aromatic rings. The lowest BCUT2D eigenvalue weighted by molar-refractivity contribution is -0.384. The summed E-state index contributed by atoms with van der Waals surface area (Å²) in [5.74, 6) is 0.201. The Kier molecular flexibility index (Phi) is 5.49. The number of nitrogen functional groups attached to an aromatic ring is 1. The van der Waals surface area contributed by atoms with Crippen molar-refractivity contribution in [1.82, 2.24) is 14.6 Å². The van der Waals surface area contributed by atoms with Gasteiger partial charge in [0.15, 0.2) is 17.2 Å². The van der Waals surface area contributed by atoms with Gasteiger partial charge in [0.05, 0.1) is 22.0 Å². The summed E-state index contributed by atoms with van der Waals surface area (Å²) in [5, 5.41) is 24.2. The lowest BCUT2D eigenvalue weighted by Gasteiger charge is -2.11. The quantitative estimate of drug-likeness (QED) is 0.166. The summed E-state index contributed by atoms with van der Waals surface area (Å²) in [6.45, 7) is 0. The van der Waals surface area contributed by atoms with E-state index in [4.69, 9.17) is 10.7 Å². The van der Waals surface area contributed by atoms with Gasteiger partial charge in [-0.1, -0.05) is 60.7 Å². The Bertz CT molecular complexity index is 1690. The number of rotatable bonds is 5. The lowest BCUT2D eigenvalue weighted by atomic mass is 10.0. The van der Waals surface area contributed by atoms with Crippen LogP contribution >= 0.6 is 0 Å². The number of nitrogens with zero attached hydrogens (tertiary/aromatic N) is 6. The Morgan fingerprint density at radius 2 is 1.62 bits per heavy atom. The Balaban J connectivity index is 1.52. The molecule has 0 saturated carbocycles. The number of non-ortho nitro benzene ring substituents is 1. The summed E-state index contributed by atoms with van der Waals surface area (Å²) in [7, 11) is 0. The molecular formula is C28H21N7O2. The van der Waals surface area contributed by atoms with Gasteiger partial charge in [-0.15, -0.1) is 10.2 Å². The second kappa shape index (κ2) is 9.12. The van der Waals surface area contributed by atoms with E-state index in [-0.39, 0.29) is 11.5 Å². The van der Waals surface area contributed by atoms with E-state index in [2.05, 4.69) is 33.5 Å². The number of benzene rings is 3. The Labute approximate surface area is 211 Å². The number of nitro groups is 1. The van der Waals surface area contributed by atoms with Crippen molar-refractivity contribution in [2.24, 2.45) is 10.2 Å². The van der Waals surface area contributed by atoms with Crippen molar-refractivity contribution in [3.05, 3.63) is 112 Å². The van der Waals surface area contributed by atoms with Crippen molar-refractivity contribution in [3.8, 4) is 11.3 Å². The van der Waals surface area contributed by atoms with Gasteiger partial charge in [0.2, 0.25) is 0 Å². The predicted molar refractivity (Wildman–Crippen MR) is 143 cm³/mol. The molecule has 0 radical (unpaired) electrons. The van der Waals surface area contributed by atoms with Crippen LogP contribution < -0.4 is 5.73 Å². The van der Waals surface area contributed by atoms with E-state index in [0.29, 0.717) is 17.0 Å². The molecule has 6 rings (SSSR count). The zero-order chi connectivity index (χ0) is 25.4. The van der Waals surface area contributed by atoms with Crippen LogP contribution in [0.1, 0.15) is 23.2 Å². The van der Waals surface area contributed by atoms with E-state index >= 15 is 0 Å². The SMILES string of the molecule is Nc1nn2c(-c3ccccc3)c3c(nc2c1N=Nc1ccc([N+](=O)[O-])cc1)/C(=C/c1ccccc1)CC3. The maximum absolute atomic E-state index is 10.9. The molecule has 2 N–H and O–H groups in total. The van der Waals surface area contributed by atoms with Gasteiger partial charge in [-0.05, 0) is 42.2 Å². The third kappa shape index (κ3) is 4.12. The van der Waals surface area contributed by atoms with Gasteiger partial charge >= 0.3 is 0 Å². The van der Waals surface area contributed by atoms with E-state index in [1.807, 2.05) is 48.5 Å². The molecule has 0 amide bonds. The predicted octanol–water partition coefficient (Wildman–Crippen LogP) is 6.79. The molecule has 2 aromatic heterocycles. The second-order valence-corrected chi connectivity index (χ2v) is 8.68. The first-order valence-electron chi connectivity index (χ1n) is 11.8. The molecular weight excluding hydrogens is 466 g/mol. The molecule has 0 spiro atoms. The van der Waals surface area contributed by atoms with Gasteiger partial charge in [0, 0.05) is 23.3 Å². The summed E-state index contributed by atoms with van der Waals surface area (Å²) < 4.78 is 1.75. The van der Waals surface area contributed by atoms with E-state index in [1.165, 1.54) is 24.3 Å². The Morgan fingerprint density at radius 1 is 0.919 bits per heavy atom.